The average Bonchev–Trinajstić information content (AvgIpc) is 2.01. The normalized spacial score (nSPS) is 13.1. The van der Waals surface area contributed by atoms with Gasteiger partial charge in [0.05, 0.1) is 21.4 Å². The summed E-state index contributed by atoms with van der Waals surface area (Å²) < 4.78 is 35.2. The molecule has 0 saturated carbocycles. The van der Waals surface area contributed by atoms with Crippen LogP contribution in [0.2, 0.25) is 0 Å². The van der Waals surface area contributed by atoms with Gasteiger partial charge in [0.2, 0.25) is 6.43 Å². The molecule has 0 radical (unpaired) electrons. The molecule has 1 atom stereocenters. The van der Waals surface area contributed by atoms with E-state index in [4.69, 9.17) is 5.73 Å². The van der Waals surface area contributed by atoms with Crippen molar-refractivity contribution in [3.05, 3.63) is 23.8 Å². The van der Waals surface area contributed by atoms with Gasteiger partial charge in [0.15, 0.2) is 0 Å². The van der Waals surface area contributed by atoms with Crippen molar-refractivity contribution in [1.29, 1.82) is 0 Å². The van der Waals surface area contributed by atoms with Crippen molar-refractivity contribution in [1.82, 2.24) is 0 Å². The number of alkyl halides is 2. The van der Waals surface area contributed by atoms with Gasteiger partial charge in [0.25, 0.3) is 0 Å². The molecule has 0 amide bonds. The highest BCUT2D eigenvalue weighted by molar-refractivity contribution is 7.85. The molecule has 1 rings (SSSR count). The second kappa shape index (κ2) is 4.50. The Labute approximate surface area is 83.6 Å². The predicted octanol–water partition coefficient (Wildman–Crippen LogP) is 1.95. The van der Waals surface area contributed by atoms with E-state index in [1.54, 1.807) is 12.1 Å². The van der Waals surface area contributed by atoms with Crippen molar-refractivity contribution in [2.75, 3.05) is 11.5 Å². The second-order valence-electron chi connectivity index (χ2n) is 2.94. The van der Waals surface area contributed by atoms with E-state index < -0.39 is 23.0 Å². The molecule has 0 fully saturated rings. The van der Waals surface area contributed by atoms with Crippen molar-refractivity contribution in [3.63, 3.8) is 0 Å². The van der Waals surface area contributed by atoms with Crippen LogP contribution in [-0.2, 0) is 10.8 Å². The molecule has 2 N–H and O–H groups in total. The van der Waals surface area contributed by atoms with E-state index in [1.807, 2.05) is 6.92 Å². The third-order valence-electron chi connectivity index (χ3n) is 1.69. The number of rotatable bonds is 3. The standard InChI is InChI=1S/C9H11F2NOS/c1-6-2-3-8(7(12)4-6)14(13)5-9(10)11/h2-4,9H,5,12H2,1H3. The molecular formula is C9H11F2NOS. The van der Waals surface area contributed by atoms with Crippen molar-refractivity contribution in [3.8, 4) is 0 Å². The first kappa shape index (κ1) is 11.1. The zero-order valence-corrected chi connectivity index (χ0v) is 8.48. The SMILES string of the molecule is Cc1ccc(S(=O)CC(F)F)c(N)c1. The molecule has 0 bridgehead atoms. The Hall–Kier alpha value is -0.970. The van der Waals surface area contributed by atoms with Gasteiger partial charge in [-0.1, -0.05) is 6.07 Å². The van der Waals surface area contributed by atoms with Gasteiger partial charge in [-0.25, -0.2) is 8.78 Å². The third kappa shape index (κ3) is 2.77. The van der Waals surface area contributed by atoms with Crippen molar-refractivity contribution in [2.24, 2.45) is 0 Å². The number of nitrogens with two attached hydrogens (primary N) is 1. The van der Waals surface area contributed by atoms with Crippen LogP contribution in [0.25, 0.3) is 0 Å². The van der Waals surface area contributed by atoms with E-state index in [9.17, 15) is 13.0 Å². The lowest BCUT2D eigenvalue weighted by molar-refractivity contribution is 0.175. The van der Waals surface area contributed by atoms with Crippen molar-refractivity contribution >= 4 is 16.5 Å². The van der Waals surface area contributed by atoms with Gasteiger partial charge in [0.1, 0.15) is 0 Å². The van der Waals surface area contributed by atoms with Gasteiger partial charge in [-0.2, -0.15) is 0 Å². The van der Waals surface area contributed by atoms with Crippen LogP contribution < -0.4 is 5.73 Å². The quantitative estimate of drug-likeness (QED) is 0.789. The Balaban J connectivity index is 2.90. The summed E-state index contributed by atoms with van der Waals surface area (Å²) in [5.74, 6) is -0.659. The molecule has 0 aliphatic carbocycles. The molecule has 5 heteroatoms. The van der Waals surface area contributed by atoms with Crippen LogP contribution in [0.15, 0.2) is 23.1 Å². The first-order chi connectivity index (χ1) is 6.50. The van der Waals surface area contributed by atoms with Crippen LogP contribution in [0.1, 0.15) is 5.56 Å². The number of benzene rings is 1. The minimum Gasteiger partial charge on any atom is -0.398 e. The molecule has 2 nitrogen and oxygen atoms in total. The molecule has 0 aromatic heterocycles. The van der Waals surface area contributed by atoms with E-state index in [2.05, 4.69) is 0 Å². The first-order valence-electron chi connectivity index (χ1n) is 4.03. The zero-order chi connectivity index (χ0) is 10.7. The lowest BCUT2D eigenvalue weighted by atomic mass is 10.2. The topological polar surface area (TPSA) is 43.1 Å². The first-order valence-corrected chi connectivity index (χ1v) is 5.35. The molecule has 1 aromatic carbocycles. The lowest BCUT2D eigenvalue weighted by Gasteiger charge is -2.05. The number of hydrogen-bond acceptors (Lipinski definition) is 2. The molecule has 0 aliphatic heterocycles. The summed E-state index contributed by atoms with van der Waals surface area (Å²) in [6.07, 6.45) is -2.57. The Morgan fingerprint density at radius 2 is 2.14 bits per heavy atom. The van der Waals surface area contributed by atoms with E-state index in [0.717, 1.165) is 5.56 Å². The van der Waals surface area contributed by atoms with Gasteiger partial charge in [-0.3, -0.25) is 4.21 Å². The lowest BCUT2D eigenvalue weighted by Crippen LogP contribution is -2.08. The Kier molecular flexibility index (Phi) is 3.57. The highest BCUT2D eigenvalue weighted by Gasteiger charge is 2.13. The fourth-order valence-corrected chi connectivity index (χ4v) is 2.03. The molecule has 0 spiro atoms. The van der Waals surface area contributed by atoms with E-state index >= 15 is 0 Å². The van der Waals surface area contributed by atoms with Gasteiger partial charge in [-0.15, -0.1) is 0 Å². The Morgan fingerprint density at radius 1 is 1.50 bits per heavy atom. The fourth-order valence-electron chi connectivity index (χ4n) is 1.08. The van der Waals surface area contributed by atoms with Crippen LogP contribution in [0.5, 0.6) is 0 Å². The summed E-state index contributed by atoms with van der Waals surface area (Å²) >= 11 is 0. The zero-order valence-electron chi connectivity index (χ0n) is 7.67. The van der Waals surface area contributed by atoms with Gasteiger partial charge in [-0.05, 0) is 24.6 Å². The van der Waals surface area contributed by atoms with Gasteiger partial charge in [0, 0.05) is 5.69 Å². The second-order valence-corrected chi connectivity index (χ2v) is 4.41. The summed E-state index contributed by atoms with van der Waals surface area (Å²) in [6, 6.07) is 4.86. The van der Waals surface area contributed by atoms with E-state index in [0.29, 0.717) is 5.69 Å². The largest absolute Gasteiger partial charge is 0.398 e. The summed E-state index contributed by atoms with van der Waals surface area (Å²) in [7, 11) is -1.71. The highest BCUT2D eigenvalue weighted by Crippen LogP contribution is 2.19. The molecule has 0 aliphatic rings. The minimum atomic E-state index is -2.57. The van der Waals surface area contributed by atoms with Crippen LogP contribution in [0, 0.1) is 6.92 Å². The molecular weight excluding hydrogens is 208 g/mol. The maximum Gasteiger partial charge on any atom is 0.250 e. The van der Waals surface area contributed by atoms with Crippen LogP contribution in [0.4, 0.5) is 14.5 Å². The number of anilines is 1. The number of aryl methyl sites for hydroxylation is 1. The fraction of sp³-hybridized carbons (Fsp3) is 0.333. The Morgan fingerprint density at radius 3 is 2.64 bits per heavy atom. The number of hydrogen-bond donors (Lipinski definition) is 1. The maximum atomic E-state index is 11.9. The molecule has 1 unspecified atom stereocenters. The Bertz CT molecular complexity index is 355. The summed E-state index contributed by atoms with van der Waals surface area (Å²) in [5.41, 5.74) is 6.79. The smallest absolute Gasteiger partial charge is 0.250 e. The highest BCUT2D eigenvalue weighted by atomic mass is 32.2. The van der Waals surface area contributed by atoms with Gasteiger partial charge < -0.3 is 5.73 Å². The molecule has 78 valence electrons. The number of halogens is 2. The summed E-state index contributed by atoms with van der Waals surface area (Å²) in [5, 5.41) is 0. The number of nitrogen functional groups attached to an aromatic ring is 1. The third-order valence-corrected chi connectivity index (χ3v) is 3.11. The van der Waals surface area contributed by atoms with Crippen LogP contribution >= 0.6 is 0 Å². The van der Waals surface area contributed by atoms with Crippen LogP contribution in [0.3, 0.4) is 0 Å². The minimum absolute atomic E-state index is 0.288. The van der Waals surface area contributed by atoms with E-state index in [1.165, 1.54) is 6.07 Å². The van der Waals surface area contributed by atoms with Gasteiger partial charge >= 0.3 is 0 Å². The van der Waals surface area contributed by atoms with Crippen LogP contribution in [-0.4, -0.2) is 16.4 Å². The average molecular weight is 219 g/mol. The molecule has 0 heterocycles. The summed E-state index contributed by atoms with van der Waals surface area (Å²) in [4.78, 5) is 0.288. The summed E-state index contributed by atoms with van der Waals surface area (Å²) in [6.45, 7) is 1.83. The maximum absolute atomic E-state index is 11.9. The molecule has 14 heavy (non-hydrogen) atoms. The monoisotopic (exact) mass is 219 g/mol. The van der Waals surface area contributed by atoms with E-state index in [-0.39, 0.29) is 4.90 Å². The van der Waals surface area contributed by atoms with Crippen molar-refractivity contribution in [2.45, 2.75) is 18.2 Å². The molecule has 1 aromatic rings. The predicted molar refractivity (Wildman–Crippen MR) is 52.9 cm³/mol. The molecule has 0 saturated heterocycles. The van der Waals surface area contributed by atoms with Crippen molar-refractivity contribution < 1.29 is 13.0 Å².